The average Bonchev–Trinajstić information content (AvgIpc) is 3.41. The Kier molecular flexibility index (Phi) is 19.0. The lowest BCUT2D eigenvalue weighted by Crippen LogP contribution is -2.17. The van der Waals surface area contributed by atoms with E-state index in [0.29, 0.717) is 36.6 Å². The monoisotopic (exact) mass is 645 g/mol. The Morgan fingerprint density at radius 1 is 0.860 bits per heavy atom. The van der Waals surface area contributed by atoms with Gasteiger partial charge in [-0.05, 0) is 49.2 Å². The Labute approximate surface area is 262 Å². The number of nitrogens with two attached hydrogens (primary N) is 1. The minimum absolute atomic E-state index is 0.159. The van der Waals surface area contributed by atoms with Crippen LogP contribution in [0.3, 0.4) is 0 Å². The van der Waals surface area contributed by atoms with E-state index in [0.717, 1.165) is 13.0 Å². The van der Waals surface area contributed by atoms with Crippen LogP contribution >= 0.6 is 17.6 Å². The molecular formula is C31H60N5O5PS. The van der Waals surface area contributed by atoms with Gasteiger partial charge < -0.3 is 29.2 Å². The number of hydrogen-bond acceptors (Lipinski definition) is 8. The van der Waals surface area contributed by atoms with Gasteiger partial charge in [0.2, 0.25) is 0 Å². The molecule has 3 N–H and O–H groups in total. The molecule has 0 aromatic carbocycles. The number of rotatable bonds is 27. The van der Waals surface area contributed by atoms with Crippen molar-refractivity contribution in [1.29, 1.82) is 0 Å². The smallest absolute Gasteiger partial charge is 0.353 e. The van der Waals surface area contributed by atoms with Gasteiger partial charge in [-0.3, -0.25) is 4.57 Å². The van der Waals surface area contributed by atoms with Crippen LogP contribution in [0.2, 0.25) is 0 Å². The number of unbranched alkanes of at least 4 members (excludes halogenated alkanes) is 10. The SMILES string of the molecule is CCS(CC)(CC)CCCCCCCCCCCCCOCCCOP(=O)(O)CO[C@H](C)Cn1cnc2c(N)ncnc21. The summed E-state index contributed by atoms with van der Waals surface area (Å²) in [6, 6.07) is 0. The van der Waals surface area contributed by atoms with Crippen LogP contribution in [0.5, 0.6) is 0 Å². The molecule has 0 fully saturated rings. The van der Waals surface area contributed by atoms with E-state index in [2.05, 4.69) is 35.7 Å². The van der Waals surface area contributed by atoms with Crippen molar-refractivity contribution in [3.63, 3.8) is 0 Å². The molecule has 250 valence electrons. The second kappa shape index (κ2) is 21.5. The van der Waals surface area contributed by atoms with E-state index < -0.39 is 7.60 Å². The lowest BCUT2D eigenvalue weighted by molar-refractivity contribution is 0.0688. The van der Waals surface area contributed by atoms with E-state index in [-0.39, 0.29) is 29.1 Å². The second-order valence-corrected chi connectivity index (χ2v) is 17.9. The van der Waals surface area contributed by atoms with Crippen molar-refractivity contribution in [3.05, 3.63) is 12.7 Å². The van der Waals surface area contributed by atoms with Crippen LogP contribution in [-0.4, -0.2) is 79.7 Å². The predicted octanol–water partition coefficient (Wildman–Crippen LogP) is 7.54. The first kappa shape index (κ1) is 38.0. The molecule has 2 heterocycles. The first-order valence-electron chi connectivity index (χ1n) is 16.6. The maximum atomic E-state index is 12.3. The summed E-state index contributed by atoms with van der Waals surface area (Å²) >= 11 is 0. The summed E-state index contributed by atoms with van der Waals surface area (Å²) in [4.78, 5) is 22.4. The van der Waals surface area contributed by atoms with Gasteiger partial charge in [-0.25, -0.2) is 25.0 Å². The molecular weight excluding hydrogens is 585 g/mol. The number of imidazole rings is 1. The summed E-state index contributed by atoms with van der Waals surface area (Å²) in [7, 11) is -4.14. The highest BCUT2D eigenvalue weighted by Crippen LogP contribution is 2.47. The zero-order valence-corrected chi connectivity index (χ0v) is 29.1. The lowest BCUT2D eigenvalue weighted by atomic mass is 10.1. The third-order valence-electron chi connectivity index (χ3n) is 8.33. The predicted molar refractivity (Wildman–Crippen MR) is 181 cm³/mol. The topological polar surface area (TPSA) is 135 Å². The zero-order valence-electron chi connectivity index (χ0n) is 27.4. The van der Waals surface area contributed by atoms with E-state index in [1.54, 1.807) is 10.9 Å². The minimum atomic E-state index is -3.84. The van der Waals surface area contributed by atoms with Crippen LogP contribution in [0.15, 0.2) is 12.7 Å². The number of ether oxygens (including phenoxy) is 2. The first-order chi connectivity index (χ1) is 20.8. The molecule has 0 aliphatic heterocycles. The van der Waals surface area contributed by atoms with Gasteiger partial charge in [0, 0.05) is 13.2 Å². The van der Waals surface area contributed by atoms with Gasteiger partial charge in [0.25, 0.3) is 0 Å². The Balaban J connectivity index is 1.37. The molecule has 0 spiro atoms. The van der Waals surface area contributed by atoms with Crippen LogP contribution in [-0.2, 0) is 25.1 Å². The summed E-state index contributed by atoms with van der Waals surface area (Å²) < 4.78 is 30.5. The summed E-state index contributed by atoms with van der Waals surface area (Å²) in [6.07, 6.45) is 17.5. The van der Waals surface area contributed by atoms with Crippen LogP contribution in [0.4, 0.5) is 5.82 Å². The maximum Gasteiger partial charge on any atom is 0.353 e. The molecule has 0 radical (unpaired) electrons. The molecule has 0 aliphatic carbocycles. The Bertz CT molecular complexity index is 1050. The van der Waals surface area contributed by atoms with Crippen molar-refractivity contribution >= 4 is 34.6 Å². The highest BCUT2D eigenvalue weighted by molar-refractivity contribution is 8.33. The van der Waals surface area contributed by atoms with E-state index in [1.807, 2.05) is 6.92 Å². The van der Waals surface area contributed by atoms with Crippen molar-refractivity contribution in [2.24, 2.45) is 0 Å². The molecule has 0 saturated carbocycles. The molecule has 1 unspecified atom stereocenters. The number of hydrogen-bond donors (Lipinski definition) is 2. The molecule has 2 aromatic rings. The molecule has 43 heavy (non-hydrogen) atoms. The van der Waals surface area contributed by atoms with Gasteiger partial charge in [-0.15, -0.1) is 0 Å². The van der Waals surface area contributed by atoms with Crippen molar-refractivity contribution in [2.45, 2.75) is 117 Å². The summed E-state index contributed by atoms with van der Waals surface area (Å²) in [5, 5.41) is 0. The van der Waals surface area contributed by atoms with Crippen molar-refractivity contribution in [3.8, 4) is 0 Å². The number of fused-ring (bicyclic) bond motifs is 1. The number of aromatic nitrogens is 4. The molecule has 0 aliphatic rings. The fourth-order valence-electron chi connectivity index (χ4n) is 5.34. The van der Waals surface area contributed by atoms with Crippen LogP contribution < -0.4 is 5.73 Å². The fourth-order valence-corrected chi connectivity index (χ4v) is 9.18. The van der Waals surface area contributed by atoms with Gasteiger partial charge in [0.05, 0.1) is 25.6 Å². The summed E-state index contributed by atoms with van der Waals surface area (Å²) in [5.41, 5.74) is 6.93. The van der Waals surface area contributed by atoms with Crippen LogP contribution in [0, 0.1) is 0 Å². The molecule has 0 bridgehead atoms. The molecule has 2 atom stereocenters. The highest BCUT2D eigenvalue weighted by Gasteiger charge is 2.22. The normalized spacial score (nSPS) is 14.7. The largest absolute Gasteiger partial charge is 0.382 e. The third-order valence-corrected chi connectivity index (χ3v) is 14.2. The number of nitrogens with zero attached hydrogens (tertiary/aromatic N) is 4. The van der Waals surface area contributed by atoms with E-state index in [1.165, 1.54) is 93.5 Å². The van der Waals surface area contributed by atoms with Gasteiger partial charge >= 0.3 is 7.60 Å². The third kappa shape index (κ3) is 15.1. The van der Waals surface area contributed by atoms with Gasteiger partial charge in [-0.2, -0.15) is 0 Å². The van der Waals surface area contributed by atoms with Gasteiger partial charge in [0.15, 0.2) is 11.5 Å². The van der Waals surface area contributed by atoms with E-state index >= 15 is 0 Å². The molecule has 2 rings (SSSR count). The Morgan fingerprint density at radius 2 is 1.44 bits per heavy atom. The first-order valence-corrected chi connectivity index (χ1v) is 20.6. The van der Waals surface area contributed by atoms with Crippen molar-refractivity contribution in [2.75, 3.05) is 54.9 Å². The second-order valence-electron chi connectivity index (χ2n) is 11.6. The fraction of sp³-hybridized carbons (Fsp3) is 0.839. The van der Waals surface area contributed by atoms with Crippen LogP contribution in [0.25, 0.3) is 11.2 Å². The Hall–Kier alpha value is -1.23. The average molecular weight is 646 g/mol. The van der Waals surface area contributed by atoms with Gasteiger partial charge in [-0.1, -0.05) is 78.6 Å². The minimum Gasteiger partial charge on any atom is -0.382 e. The lowest BCUT2D eigenvalue weighted by Gasteiger charge is -2.37. The van der Waals surface area contributed by atoms with E-state index in [9.17, 15) is 9.46 Å². The Morgan fingerprint density at radius 3 is 2.07 bits per heavy atom. The number of anilines is 1. The molecule has 2 aromatic heterocycles. The standard InChI is InChI=1S/C31H60N5O5PS/c1-5-43(6-2,7-3)23-18-16-14-12-10-8-9-11-13-15-17-20-39-21-19-22-41-42(37,38)27-40-28(4)24-36-26-35-29-30(32)33-25-34-31(29)36/h25-26,28H,5-24,27H2,1-4H3,(H,37,38)(H2,32,33,34)/t28-/m1/s1. The summed E-state index contributed by atoms with van der Waals surface area (Å²) in [5.74, 6) is 6.04. The van der Waals surface area contributed by atoms with Crippen LogP contribution in [0.1, 0.15) is 105 Å². The van der Waals surface area contributed by atoms with Gasteiger partial charge in [0.1, 0.15) is 18.2 Å². The summed E-state index contributed by atoms with van der Waals surface area (Å²) in [6.45, 7) is 10.8. The quantitative estimate of drug-likeness (QED) is 0.0746. The van der Waals surface area contributed by atoms with E-state index in [4.69, 9.17) is 19.7 Å². The molecule has 0 saturated heterocycles. The number of nitrogen functional groups attached to an aromatic ring is 1. The molecule has 0 amide bonds. The zero-order chi connectivity index (χ0) is 31.4. The molecule has 10 nitrogen and oxygen atoms in total. The van der Waals surface area contributed by atoms with Crippen molar-refractivity contribution < 1.29 is 23.5 Å². The van der Waals surface area contributed by atoms with Crippen molar-refractivity contribution in [1.82, 2.24) is 19.5 Å². The highest BCUT2D eigenvalue weighted by atomic mass is 32.3. The molecule has 12 heteroatoms. The maximum absolute atomic E-state index is 12.3.